The molecule has 0 unspecified atom stereocenters. The third-order valence-corrected chi connectivity index (χ3v) is 3.62. The van der Waals surface area contributed by atoms with Gasteiger partial charge in [0.15, 0.2) is 0 Å². The van der Waals surface area contributed by atoms with Crippen molar-refractivity contribution in [1.29, 1.82) is 0 Å². The van der Waals surface area contributed by atoms with Crippen LogP contribution in [-0.2, 0) is 10.9 Å². The summed E-state index contributed by atoms with van der Waals surface area (Å²) in [5, 5.41) is 19.8. The summed E-state index contributed by atoms with van der Waals surface area (Å²) in [6.07, 6.45) is -4.26. The number of ether oxygens (including phenoxy) is 2. The zero-order valence-electron chi connectivity index (χ0n) is 15.2. The van der Waals surface area contributed by atoms with Crippen molar-refractivity contribution < 1.29 is 32.9 Å². The predicted octanol–water partition coefficient (Wildman–Crippen LogP) is 2.55. The molecule has 8 heteroatoms. The lowest BCUT2D eigenvalue weighted by atomic mass is 10.2. The van der Waals surface area contributed by atoms with Crippen molar-refractivity contribution in [3.63, 3.8) is 0 Å². The average molecular weight is 379 g/mol. The zero-order valence-corrected chi connectivity index (χ0v) is 15.2. The molecule has 0 bridgehead atoms. The van der Waals surface area contributed by atoms with Crippen LogP contribution in [0, 0.1) is 0 Å². The van der Waals surface area contributed by atoms with E-state index in [0.717, 1.165) is 18.9 Å². The van der Waals surface area contributed by atoms with E-state index < -0.39 is 23.9 Å². The molecule has 1 rings (SSSR count). The molecule has 26 heavy (non-hydrogen) atoms. The molecule has 0 radical (unpaired) electrons. The number of benzene rings is 1. The fourth-order valence-corrected chi connectivity index (χ4v) is 2.38. The maximum atomic E-state index is 12.9. The van der Waals surface area contributed by atoms with Gasteiger partial charge in [-0.1, -0.05) is 25.5 Å². The summed E-state index contributed by atoms with van der Waals surface area (Å²) in [6, 6.07) is 4.88. The molecule has 0 aliphatic heterocycles. The molecule has 0 heterocycles. The van der Waals surface area contributed by atoms with Crippen LogP contribution in [0.15, 0.2) is 24.3 Å². The predicted molar refractivity (Wildman–Crippen MR) is 92.2 cm³/mol. The van der Waals surface area contributed by atoms with Gasteiger partial charge >= 0.3 is 6.18 Å². The van der Waals surface area contributed by atoms with Crippen LogP contribution in [0.5, 0.6) is 5.75 Å². The SMILES string of the molecule is CCCCOC[C@H](O)CN(C)C[C@@H](O)COc1ccccc1C(F)(F)F. The van der Waals surface area contributed by atoms with Crippen molar-refractivity contribution >= 4 is 0 Å². The van der Waals surface area contributed by atoms with E-state index in [2.05, 4.69) is 0 Å². The molecule has 0 aliphatic rings. The first-order valence-electron chi connectivity index (χ1n) is 8.65. The first-order chi connectivity index (χ1) is 12.2. The van der Waals surface area contributed by atoms with Crippen molar-refractivity contribution in [3.8, 4) is 5.75 Å². The van der Waals surface area contributed by atoms with E-state index in [1.165, 1.54) is 18.2 Å². The average Bonchev–Trinajstić information content (AvgIpc) is 2.56. The second-order valence-electron chi connectivity index (χ2n) is 6.26. The minimum absolute atomic E-state index is 0.153. The summed E-state index contributed by atoms with van der Waals surface area (Å²) in [6.45, 7) is 3.00. The Balaban J connectivity index is 2.37. The minimum atomic E-state index is -4.51. The van der Waals surface area contributed by atoms with E-state index in [-0.39, 0.29) is 32.1 Å². The lowest BCUT2D eigenvalue weighted by Gasteiger charge is -2.23. The smallest absolute Gasteiger partial charge is 0.419 e. The first-order valence-corrected chi connectivity index (χ1v) is 8.65. The molecule has 0 saturated carbocycles. The van der Waals surface area contributed by atoms with Gasteiger partial charge in [0.25, 0.3) is 0 Å². The summed E-state index contributed by atoms with van der Waals surface area (Å²) in [7, 11) is 1.70. The van der Waals surface area contributed by atoms with Crippen LogP contribution in [0.2, 0.25) is 0 Å². The van der Waals surface area contributed by atoms with E-state index in [9.17, 15) is 23.4 Å². The third-order valence-electron chi connectivity index (χ3n) is 3.62. The van der Waals surface area contributed by atoms with Crippen LogP contribution in [0.3, 0.4) is 0 Å². The Labute approximate surface area is 152 Å². The molecule has 0 saturated heterocycles. The number of nitrogens with zero attached hydrogens (tertiary/aromatic N) is 1. The summed E-state index contributed by atoms with van der Waals surface area (Å²) in [5.74, 6) is -0.314. The largest absolute Gasteiger partial charge is 0.490 e. The Morgan fingerprint density at radius 3 is 2.31 bits per heavy atom. The number of aliphatic hydroxyl groups is 2. The molecule has 5 nitrogen and oxygen atoms in total. The van der Waals surface area contributed by atoms with Crippen molar-refractivity contribution in [2.45, 2.75) is 38.1 Å². The number of para-hydroxylation sites is 1. The second-order valence-corrected chi connectivity index (χ2v) is 6.26. The third kappa shape index (κ3) is 8.84. The van der Waals surface area contributed by atoms with Gasteiger partial charge in [-0.3, -0.25) is 0 Å². The van der Waals surface area contributed by atoms with Crippen LogP contribution in [-0.4, -0.2) is 67.3 Å². The summed E-state index contributed by atoms with van der Waals surface area (Å²) in [5.41, 5.74) is -0.875. The quantitative estimate of drug-likeness (QED) is 0.547. The van der Waals surface area contributed by atoms with E-state index in [1.54, 1.807) is 11.9 Å². The van der Waals surface area contributed by atoms with E-state index in [4.69, 9.17) is 9.47 Å². The number of halogens is 3. The molecule has 1 aromatic carbocycles. The number of aliphatic hydroxyl groups excluding tert-OH is 2. The summed E-state index contributed by atoms with van der Waals surface area (Å²) >= 11 is 0. The zero-order chi connectivity index (χ0) is 19.6. The van der Waals surface area contributed by atoms with Gasteiger partial charge in [0.05, 0.1) is 18.3 Å². The van der Waals surface area contributed by atoms with Crippen LogP contribution in [0.4, 0.5) is 13.2 Å². The number of alkyl halides is 3. The number of likely N-dealkylation sites (N-methyl/N-ethyl adjacent to an activating group) is 1. The lowest BCUT2D eigenvalue weighted by molar-refractivity contribution is -0.139. The molecule has 1 aromatic rings. The molecule has 0 spiro atoms. The van der Waals surface area contributed by atoms with Crippen LogP contribution in [0.1, 0.15) is 25.3 Å². The van der Waals surface area contributed by atoms with Crippen LogP contribution < -0.4 is 4.74 Å². The molecule has 2 atom stereocenters. The number of hydrogen-bond donors (Lipinski definition) is 2. The second kappa shape index (κ2) is 11.4. The highest BCUT2D eigenvalue weighted by Crippen LogP contribution is 2.35. The van der Waals surface area contributed by atoms with Gasteiger partial charge in [-0.05, 0) is 25.6 Å². The van der Waals surface area contributed by atoms with Crippen LogP contribution >= 0.6 is 0 Å². The van der Waals surface area contributed by atoms with Gasteiger partial charge in [-0.2, -0.15) is 13.2 Å². The molecule has 0 fully saturated rings. The number of rotatable bonds is 12. The Bertz CT molecular complexity index is 513. The lowest BCUT2D eigenvalue weighted by Crippen LogP contribution is -2.39. The standard InChI is InChI=1S/C18H28F3NO4/c1-3-4-9-25-12-14(23)10-22(2)11-15(24)13-26-17-8-6-5-7-16(17)18(19,20)21/h5-8,14-15,23-24H,3-4,9-13H2,1-2H3/t14-,15-/m1/s1. The Morgan fingerprint density at radius 2 is 1.69 bits per heavy atom. The maximum absolute atomic E-state index is 12.9. The molecular weight excluding hydrogens is 351 g/mol. The minimum Gasteiger partial charge on any atom is -0.490 e. The number of hydrogen-bond acceptors (Lipinski definition) is 5. The topological polar surface area (TPSA) is 62.2 Å². The first kappa shape index (κ1) is 22.7. The summed E-state index contributed by atoms with van der Waals surface area (Å²) < 4.78 is 49.1. The molecule has 2 N–H and O–H groups in total. The van der Waals surface area contributed by atoms with E-state index >= 15 is 0 Å². The Kier molecular flexibility index (Phi) is 9.93. The molecule has 150 valence electrons. The highest BCUT2D eigenvalue weighted by Gasteiger charge is 2.34. The van der Waals surface area contributed by atoms with Gasteiger partial charge in [0.2, 0.25) is 0 Å². The monoisotopic (exact) mass is 379 g/mol. The highest BCUT2D eigenvalue weighted by molar-refractivity contribution is 5.35. The molecule has 0 aromatic heterocycles. The van der Waals surface area contributed by atoms with Gasteiger partial charge in [-0.25, -0.2) is 0 Å². The van der Waals surface area contributed by atoms with Gasteiger partial charge < -0.3 is 24.6 Å². The highest BCUT2D eigenvalue weighted by atomic mass is 19.4. The number of unbranched alkanes of at least 4 members (excludes halogenated alkanes) is 1. The van der Waals surface area contributed by atoms with E-state index in [1.807, 2.05) is 6.92 Å². The van der Waals surface area contributed by atoms with Crippen molar-refractivity contribution in [3.05, 3.63) is 29.8 Å². The normalized spacial score (nSPS) is 14.5. The fraction of sp³-hybridized carbons (Fsp3) is 0.667. The van der Waals surface area contributed by atoms with Gasteiger partial charge in [-0.15, -0.1) is 0 Å². The molecule has 0 amide bonds. The van der Waals surface area contributed by atoms with Crippen molar-refractivity contribution in [2.75, 3.05) is 40.0 Å². The molecular formula is C18H28F3NO4. The summed E-state index contributed by atoms with van der Waals surface area (Å²) in [4.78, 5) is 1.68. The van der Waals surface area contributed by atoms with Crippen LogP contribution in [0.25, 0.3) is 0 Å². The van der Waals surface area contributed by atoms with Crippen molar-refractivity contribution in [1.82, 2.24) is 4.90 Å². The Hall–Kier alpha value is -1.35. The fourth-order valence-electron chi connectivity index (χ4n) is 2.38. The maximum Gasteiger partial charge on any atom is 0.419 e. The molecule has 0 aliphatic carbocycles. The van der Waals surface area contributed by atoms with Gasteiger partial charge in [0, 0.05) is 19.7 Å². The van der Waals surface area contributed by atoms with Crippen molar-refractivity contribution in [2.24, 2.45) is 0 Å². The Morgan fingerprint density at radius 1 is 1.08 bits per heavy atom. The van der Waals surface area contributed by atoms with Gasteiger partial charge in [0.1, 0.15) is 18.5 Å². The van der Waals surface area contributed by atoms with E-state index in [0.29, 0.717) is 6.61 Å².